The van der Waals surface area contributed by atoms with E-state index in [0.29, 0.717) is 6.04 Å². The van der Waals surface area contributed by atoms with Crippen LogP contribution in [0.4, 0.5) is 0 Å². The molecule has 0 bridgehead atoms. The summed E-state index contributed by atoms with van der Waals surface area (Å²) in [6, 6.07) is 0.497. The molecular weight excluding hydrogens is 204 g/mol. The summed E-state index contributed by atoms with van der Waals surface area (Å²) in [4.78, 5) is 13.8. The zero-order valence-electron chi connectivity index (χ0n) is 10.7. The first-order chi connectivity index (χ1) is 7.59. The molecule has 1 saturated heterocycles. The van der Waals surface area contributed by atoms with E-state index in [-0.39, 0.29) is 18.6 Å². The standard InChI is InChI=1S/C12H24N2O2/c1-10(2)16-9-12(15)13-8-11-6-4-5-7-14(11)3/h10-11H,4-9H2,1-3H3,(H,13,15). The van der Waals surface area contributed by atoms with Gasteiger partial charge in [0.2, 0.25) is 5.91 Å². The number of piperidine rings is 1. The van der Waals surface area contributed by atoms with Gasteiger partial charge in [-0.05, 0) is 40.3 Å². The summed E-state index contributed by atoms with van der Waals surface area (Å²) >= 11 is 0. The summed E-state index contributed by atoms with van der Waals surface area (Å²) in [6.07, 6.45) is 3.84. The van der Waals surface area contributed by atoms with Gasteiger partial charge >= 0.3 is 0 Å². The summed E-state index contributed by atoms with van der Waals surface area (Å²) in [5.74, 6) is -0.00678. The smallest absolute Gasteiger partial charge is 0.246 e. The Balaban J connectivity index is 2.15. The zero-order chi connectivity index (χ0) is 12.0. The Kier molecular flexibility index (Phi) is 5.77. The minimum absolute atomic E-state index is 0.00678. The van der Waals surface area contributed by atoms with Crippen molar-refractivity contribution in [3.8, 4) is 0 Å². The van der Waals surface area contributed by atoms with Crippen molar-refractivity contribution in [1.82, 2.24) is 10.2 Å². The molecule has 1 fully saturated rings. The predicted octanol–water partition coefficient (Wildman–Crippen LogP) is 1.01. The minimum Gasteiger partial charge on any atom is -0.369 e. The molecule has 1 heterocycles. The molecule has 1 N–H and O–H groups in total. The van der Waals surface area contributed by atoms with E-state index < -0.39 is 0 Å². The lowest BCUT2D eigenvalue weighted by molar-refractivity contribution is -0.127. The minimum atomic E-state index is -0.00678. The second-order valence-electron chi connectivity index (χ2n) is 4.79. The molecule has 1 atom stereocenters. The number of nitrogens with one attached hydrogen (secondary N) is 1. The first-order valence-corrected chi connectivity index (χ1v) is 6.18. The topological polar surface area (TPSA) is 41.6 Å². The van der Waals surface area contributed by atoms with Gasteiger partial charge in [-0.1, -0.05) is 6.42 Å². The van der Waals surface area contributed by atoms with Crippen LogP contribution in [0.5, 0.6) is 0 Å². The zero-order valence-corrected chi connectivity index (χ0v) is 10.7. The van der Waals surface area contributed by atoms with Crippen LogP contribution >= 0.6 is 0 Å². The summed E-state index contributed by atoms with van der Waals surface area (Å²) in [5, 5.41) is 2.93. The number of hydrogen-bond donors (Lipinski definition) is 1. The number of likely N-dealkylation sites (N-methyl/N-ethyl adjacent to an activating group) is 1. The van der Waals surface area contributed by atoms with Crippen molar-refractivity contribution in [3.05, 3.63) is 0 Å². The molecule has 4 heteroatoms. The summed E-state index contributed by atoms with van der Waals surface area (Å²) in [6.45, 7) is 5.93. The van der Waals surface area contributed by atoms with Crippen LogP contribution in [0.2, 0.25) is 0 Å². The lowest BCUT2D eigenvalue weighted by Crippen LogP contribution is -2.45. The molecule has 1 aliphatic rings. The van der Waals surface area contributed by atoms with Crippen LogP contribution < -0.4 is 5.32 Å². The fourth-order valence-corrected chi connectivity index (χ4v) is 1.93. The van der Waals surface area contributed by atoms with E-state index in [1.54, 1.807) is 0 Å². The highest BCUT2D eigenvalue weighted by molar-refractivity contribution is 5.77. The second kappa shape index (κ2) is 6.86. The van der Waals surface area contributed by atoms with E-state index in [0.717, 1.165) is 13.1 Å². The fraction of sp³-hybridized carbons (Fsp3) is 0.917. The Morgan fingerprint density at radius 1 is 1.50 bits per heavy atom. The molecule has 0 saturated carbocycles. The van der Waals surface area contributed by atoms with Gasteiger partial charge in [-0.15, -0.1) is 0 Å². The monoisotopic (exact) mass is 228 g/mol. The van der Waals surface area contributed by atoms with E-state index in [9.17, 15) is 4.79 Å². The van der Waals surface area contributed by atoms with Crippen molar-refractivity contribution in [2.24, 2.45) is 0 Å². The molecule has 4 nitrogen and oxygen atoms in total. The molecular formula is C12H24N2O2. The maximum Gasteiger partial charge on any atom is 0.246 e. The number of nitrogens with zero attached hydrogens (tertiary/aromatic N) is 1. The summed E-state index contributed by atoms with van der Waals surface area (Å²) in [7, 11) is 2.13. The Morgan fingerprint density at radius 2 is 2.25 bits per heavy atom. The third-order valence-electron chi connectivity index (χ3n) is 3.00. The number of amides is 1. The highest BCUT2D eigenvalue weighted by Crippen LogP contribution is 2.13. The molecule has 1 unspecified atom stereocenters. The molecule has 1 aliphatic heterocycles. The lowest BCUT2D eigenvalue weighted by Gasteiger charge is -2.32. The van der Waals surface area contributed by atoms with Crippen LogP contribution in [0.1, 0.15) is 33.1 Å². The Morgan fingerprint density at radius 3 is 2.88 bits per heavy atom. The van der Waals surface area contributed by atoms with Crippen LogP contribution in [0.25, 0.3) is 0 Å². The maximum absolute atomic E-state index is 11.4. The van der Waals surface area contributed by atoms with Crippen LogP contribution in [-0.4, -0.2) is 49.7 Å². The Bertz CT molecular complexity index is 219. The fourth-order valence-electron chi connectivity index (χ4n) is 1.93. The van der Waals surface area contributed by atoms with Gasteiger partial charge in [0.05, 0.1) is 6.10 Å². The van der Waals surface area contributed by atoms with E-state index in [2.05, 4.69) is 17.3 Å². The van der Waals surface area contributed by atoms with Crippen LogP contribution in [0.15, 0.2) is 0 Å². The largest absolute Gasteiger partial charge is 0.369 e. The van der Waals surface area contributed by atoms with Gasteiger partial charge < -0.3 is 15.0 Å². The quantitative estimate of drug-likeness (QED) is 0.763. The van der Waals surface area contributed by atoms with E-state index in [1.165, 1.54) is 19.3 Å². The van der Waals surface area contributed by atoms with Crippen molar-refractivity contribution < 1.29 is 9.53 Å². The van der Waals surface area contributed by atoms with Crippen molar-refractivity contribution in [2.45, 2.75) is 45.3 Å². The van der Waals surface area contributed by atoms with Gasteiger partial charge in [-0.2, -0.15) is 0 Å². The number of rotatable bonds is 5. The second-order valence-corrected chi connectivity index (χ2v) is 4.79. The first kappa shape index (κ1) is 13.5. The number of hydrogen-bond acceptors (Lipinski definition) is 3. The molecule has 1 rings (SSSR count). The summed E-state index contributed by atoms with van der Waals surface area (Å²) < 4.78 is 5.24. The molecule has 0 spiro atoms. The van der Waals surface area contributed by atoms with E-state index >= 15 is 0 Å². The van der Waals surface area contributed by atoms with Gasteiger partial charge in [-0.25, -0.2) is 0 Å². The molecule has 0 radical (unpaired) electrons. The third-order valence-corrected chi connectivity index (χ3v) is 3.00. The van der Waals surface area contributed by atoms with E-state index in [4.69, 9.17) is 4.74 Å². The molecule has 1 amide bonds. The average molecular weight is 228 g/mol. The SMILES string of the molecule is CC(C)OCC(=O)NCC1CCCCN1C. The molecule has 0 aromatic heterocycles. The predicted molar refractivity (Wildman–Crippen MR) is 64.4 cm³/mol. The van der Waals surface area contributed by atoms with Crippen molar-refractivity contribution in [1.29, 1.82) is 0 Å². The van der Waals surface area contributed by atoms with Crippen molar-refractivity contribution in [3.63, 3.8) is 0 Å². The molecule has 0 aromatic rings. The molecule has 0 aromatic carbocycles. The first-order valence-electron chi connectivity index (χ1n) is 6.18. The number of carbonyl (C=O) groups excluding carboxylic acids is 1. The van der Waals surface area contributed by atoms with Gasteiger partial charge in [0.25, 0.3) is 0 Å². The third kappa shape index (κ3) is 4.94. The molecule has 0 aliphatic carbocycles. The number of likely N-dealkylation sites (tertiary alicyclic amines) is 1. The molecule has 16 heavy (non-hydrogen) atoms. The Hall–Kier alpha value is -0.610. The average Bonchev–Trinajstić information content (AvgIpc) is 2.25. The van der Waals surface area contributed by atoms with Crippen molar-refractivity contribution >= 4 is 5.91 Å². The Labute approximate surface area is 98.3 Å². The van der Waals surface area contributed by atoms with Gasteiger partial charge in [0, 0.05) is 12.6 Å². The molecule has 94 valence electrons. The van der Waals surface area contributed by atoms with Gasteiger partial charge in [-0.3, -0.25) is 4.79 Å². The summed E-state index contributed by atoms with van der Waals surface area (Å²) in [5.41, 5.74) is 0. The van der Waals surface area contributed by atoms with Gasteiger partial charge in [0.15, 0.2) is 0 Å². The van der Waals surface area contributed by atoms with Gasteiger partial charge in [0.1, 0.15) is 6.61 Å². The lowest BCUT2D eigenvalue weighted by atomic mass is 10.0. The highest BCUT2D eigenvalue weighted by Gasteiger charge is 2.19. The number of carbonyl (C=O) groups is 1. The normalized spacial score (nSPS) is 22.4. The highest BCUT2D eigenvalue weighted by atomic mass is 16.5. The van der Waals surface area contributed by atoms with Crippen molar-refractivity contribution in [2.75, 3.05) is 26.7 Å². The van der Waals surface area contributed by atoms with E-state index in [1.807, 2.05) is 13.8 Å². The number of ether oxygens (including phenoxy) is 1. The van der Waals surface area contributed by atoms with Crippen LogP contribution in [0.3, 0.4) is 0 Å². The maximum atomic E-state index is 11.4. The van der Waals surface area contributed by atoms with Crippen LogP contribution in [-0.2, 0) is 9.53 Å². The van der Waals surface area contributed by atoms with Crippen LogP contribution in [0, 0.1) is 0 Å².